The molecule has 2 heterocycles. The van der Waals surface area contributed by atoms with Crippen LogP contribution in [0.15, 0.2) is 48.5 Å². The van der Waals surface area contributed by atoms with Crippen LogP contribution in [-0.2, 0) is 6.54 Å². The summed E-state index contributed by atoms with van der Waals surface area (Å²) in [6.45, 7) is 5.57. The van der Waals surface area contributed by atoms with E-state index in [1.807, 2.05) is 12.1 Å². The maximum absolute atomic E-state index is 12.5. The molecule has 1 atom stereocenters. The number of methoxy groups -OCH3 is 1. The number of likely N-dealkylation sites (tertiary alicyclic amines) is 1. The molecule has 4 rings (SSSR count). The van der Waals surface area contributed by atoms with Crippen LogP contribution in [0.3, 0.4) is 0 Å². The van der Waals surface area contributed by atoms with Crippen LogP contribution in [0.25, 0.3) is 0 Å². The lowest BCUT2D eigenvalue weighted by Gasteiger charge is -2.23. The van der Waals surface area contributed by atoms with Gasteiger partial charge < -0.3 is 15.4 Å². The minimum atomic E-state index is -0.105. The summed E-state index contributed by atoms with van der Waals surface area (Å²) in [6.07, 6.45) is 2.58. The Balaban J connectivity index is 0.00000225. The van der Waals surface area contributed by atoms with Crippen LogP contribution in [0, 0.1) is 5.41 Å². The van der Waals surface area contributed by atoms with Gasteiger partial charge in [-0.05, 0) is 73.3 Å². The number of hydrogen-bond donors (Lipinski definition) is 2. The van der Waals surface area contributed by atoms with Gasteiger partial charge in [0.2, 0.25) is 0 Å². The fraction of sp³-hybridized carbons (Fsp3) is 0.409. The second-order valence-electron chi connectivity index (χ2n) is 7.77. The molecular weight excluding hydrogens is 374 g/mol. The minimum absolute atomic E-state index is 0. The molecule has 0 aliphatic carbocycles. The number of nitrogens with zero attached hydrogens (tertiary/aromatic N) is 1. The third kappa shape index (κ3) is 4.66. The first-order valence-electron chi connectivity index (χ1n) is 9.63. The zero-order valence-corrected chi connectivity index (χ0v) is 17.1. The van der Waals surface area contributed by atoms with Crippen LogP contribution in [0.1, 0.15) is 28.8 Å². The summed E-state index contributed by atoms with van der Waals surface area (Å²) in [5.41, 5.74) is 3.19. The molecule has 5 nitrogen and oxygen atoms in total. The summed E-state index contributed by atoms with van der Waals surface area (Å²) in [5.74, 6) is 0.640. The molecule has 0 aromatic heterocycles. The summed E-state index contributed by atoms with van der Waals surface area (Å²) in [5, 5.41) is 6.51. The minimum Gasteiger partial charge on any atom is -0.497 e. The van der Waals surface area contributed by atoms with E-state index in [-0.39, 0.29) is 18.3 Å². The monoisotopic (exact) mass is 401 g/mol. The van der Waals surface area contributed by atoms with Crippen molar-refractivity contribution < 1.29 is 9.53 Å². The molecule has 2 aliphatic rings. The van der Waals surface area contributed by atoms with Gasteiger partial charge >= 0.3 is 0 Å². The van der Waals surface area contributed by atoms with Crippen molar-refractivity contribution in [3.63, 3.8) is 0 Å². The standard InChI is InChI=1S/C22H27N3O2.ClH/c1-27-20-7-5-18(6-8-20)21(26)24-19-4-2-3-17(13-19)14-25-12-10-22(16-25)9-11-23-15-22;/h2-8,13,23H,9-12,14-16H2,1H3,(H,24,26);1H. The second kappa shape index (κ2) is 8.95. The summed E-state index contributed by atoms with van der Waals surface area (Å²) in [7, 11) is 1.62. The van der Waals surface area contributed by atoms with E-state index in [1.54, 1.807) is 31.4 Å². The van der Waals surface area contributed by atoms with Gasteiger partial charge in [-0.2, -0.15) is 0 Å². The Kier molecular flexibility index (Phi) is 6.60. The Hall–Kier alpha value is -2.08. The molecule has 2 aromatic rings. The van der Waals surface area contributed by atoms with Gasteiger partial charge in [-0.25, -0.2) is 0 Å². The first kappa shape index (κ1) is 20.6. The molecule has 6 heteroatoms. The van der Waals surface area contributed by atoms with Gasteiger partial charge in [-0.15, -0.1) is 12.4 Å². The molecule has 2 saturated heterocycles. The largest absolute Gasteiger partial charge is 0.497 e. The summed E-state index contributed by atoms with van der Waals surface area (Å²) in [6, 6.07) is 15.3. The second-order valence-corrected chi connectivity index (χ2v) is 7.77. The van der Waals surface area contributed by atoms with Gasteiger partial charge in [0.05, 0.1) is 7.11 Å². The number of halogens is 1. The number of amides is 1. The van der Waals surface area contributed by atoms with E-state index >= 15 is 0 Å². The summed E-state index contributed by atoms with van der Waals surface area (Å²) in [4.78, 5) is 15.0. The van der Waals surface area contributed by atoms with E-state index in [4.69, 9.17) is 4.74 Å². The number of anilines is 1. The number of carbonyl (C=O) groups is 1. The Morgan fingerprint density at radius 2 is 2.04 bits per heavy atom. The zero-order valence-electron chi connectivity index (χ0n) is 16.2. The van der Waals surface area contributed by atoms with Crippen LogP contribution < -0.4 is 15.4 Å². The molecule has 1 spiro atoms. The molecule has 2 fully saturated rings. The fourth-order valence-corrected chi connectivity index (χ4v) is 4.26. The van der Waals surface area contributed by atoms with Gasteiger partial charge in [-0.1, -0.05) is 12.1 Å². The Bertz CT molecular complexity index is 804. The Labute approximate surface area is 172 Å². The molecule has 2 N–H and O–H groups in total. The molecule has 2 aliphatic heterocycles. The van der Waals surface area contributed by atoms with Crippen molar-refractivity contribution in [1.29, 1.82) is 0 Å². The number of hydrogen-bond acceptors (Lipinski definition) is 4. The average molecular weight is 402 g/mol. The number of ether oxygens (including phenoxy) is 1. The predicted octanol–water partition coefficient (Wildman–Crippen LogP) is 3.55. The molecule has 0 saturated carbocycles. The molecule has 150 valence electrons. The number of rotatable bonds is 5. The van der Waals surface area contributed by atoms with Gasteiger partial charge in [-0.3, -0.25) is 9.69 Å². The third-order valence-corrected chi connectivity index (χ3v) is 5.79. The van der Waals surface area contributed by atoms with Crippen LogP contribution in [0.5, 0.6) is 5.75 Å². The zero-order chi connectivity index (χ0) is 18.7. The van der Waals surface area contributed by atoms with Gasteiger partial charge in [0.15, 0.2) is 0 Å². The molecule has 0 radical (unpaired) electrons. The van der Waals surface area contributed by atoms with E-state index in [2.05, 4.69) is 27.7 Å². The predicted molar refractivity (Wildman–Crippen MR) is 114 cm³/mol. The van der Waals surface area contributed by atoms with Gasteiger partial charge in [0.1, 0.15) is 5.75 Å². The number of nitrogens with one attached hydrogen (secondary N) is 2. The highest BCUT2D eigenvalue weighted by Gasteiger charge is 2.39. The normalized spacial score (nSPS) is 21.5. The molecule has 0 bridgehead atoms. The van der Waals surface area contributed by atoms with E-state index in [0.717, 1.165) is 37.6 Å². The van der Waals surface area contributed by atoms with Crippen molar-refractivity contribution >= 4 is 24.0 Å². The van der Waals surface area contributed by atoms with Crippen LogP contribution in [0.2, 0.25) is 0 Å². The van der Waals surface area contributed by atoms with Crippen LogP contribution >= 0.6 is 12.4 Å². The molecule has 1 amide bonds. The van der Waals surface area contributed by atoms with Crippen molar-refractivity contribution in [3.8, 4) is 5.75 Å². The lowest BCUT2D eigenvalue weighted by atomic mass is 9.86. The quantitative estimate of drug-likeness (QED) is 0.804. The van der Waals surface area contributed by atoms with Gasteiger partial charge in [0.25, 0.3) is 5.91 Å². The highest BCUT2D eigenvalue weighted by atomic mass is 35.5. The Morgan fingerprint density at radius 3 is 2.75 bits per heavy atom. The summed E-state index contributed by atoms with van der Waals surface area (Å²) < 4.78 is 5.14. The fourth-order valence-electron chi connectivity index (χ4n) is 4.26. The molecule has 2 aromatic carbocycles. The van der Waals surface area contributed by atoms with Crippen molar-refractivity contribution in [2.24, 2.45) is 5.41 Å². The first-order valence-corrected chi connectivity index (χ1v) is 9.63. The van der Waals surface area contributed by atoms with Crippen molar-refractivity contribution in [2.45, 2.75) is 19.4 Å². The highest BCUT2D eigenvalue weighted by molar-refractivity contribution is 6.04. The van der Waals surface area contributed by atoms with Crippen molar-refractivity contribution in [2.75, 3.05) is 38.6 Å². The Morgan fingerprint density at radius 1 is 1.21 bits per heavy atom. The SMILES string of the molecule is COc1ccc(C(=O)Nc2cccc(CN3CCC4(CCNC4)C3)c2)cc1.Cl. The van der Waals surface area contributed by atoms with E-state index in [0.29, 0.717) is 11.0 Å². The van der Waals surface area contributed by atoms with Gasteiger partial charge in [0, 0.05) is 30.9 Å². The number of carbonyl (C=O) groups excluding carboxylic acids is 1. The lowest BCUT2D eigenvalue weighted by molar-refractivity contribution is 0.102. The molecular formula is C22H28ClN3O2. The van der Waals surface area contributed by atoms with Crippen LogP contribution in [-0.4, -0.2) is 44.1 Å². The number of benzene rings is 2. The smallest absolute Gasteiger partial charge is 0.255 e. The van der Waals surface area contributed by atoms with E-state index < -0.39 is 0 Å². The first-order chi connectivity index (χ1) is 13.2. The van der Waals surface area contributed by atoms with E-state index in [9.17, 15) is 4.79 Å². The van der Waals surface area contributed by atoms with Crippen molar-refractivity contribution in [3.05, 3.63) is 59.7 Å². The molecule has 28 heavy (non-hydrogen) atoms. The maximum Gasteiger partial charge on any atom is 0.255 e. The van der Waals surface area contributed by atoms with Crippen LogP contribution in [0.4, 0.5) is 5.69 Å². The van der Waals surface area contributed by atoms with E-state index in [1.165, 1.54) is 24.9 Å². The lowest BCUT2D eigenvalue weighted by Crippen LogP contribution is -2.28. The topological polar surface area (TPSA) is 53.6 Å². The highest BCUT2D eigenvalue weighted by Crippen LogP contribution is 2.36. The summed E-state index contributed by atoms with van der Waals surface area (Å²) >= 11 is 0. The maximum atomic E-state index is 12.5. The van der Waals surface area contributed by atoms with Crippen molar-refractivity contribution in [1.82, 2.24) is 10.2 Å². The third-order valence-electron chi connectivity index (χ3n) is 5.79. The molecule has 1 unspecified atom stereocenters. The average Bonchev–Trinajstić information content (AvgIpc) is 3.31.